The van der Waals surface area contributed by atoms with Gasteiger partial charge in [0.1, 0.15) is 0 Å². The summed E-state index contributed by atoms with van der Waals surface area (Å²) in [6, 6.07) is 6.12. The van der Waals surface area contributed by atoms with Crippen molar-refractivity contribution in [2.24, 2.45) is 0 Å². The Morgan fingerprint density at radius 2 is 1.56 bits per heavy atom. The van der Waals surface area contributed by atoms with Crippen LogP contribution < -0.4 is 9.47 Å². The van der Waals surface area contributed by atoms with Gasteiger partial charge in [-0.05, 0) is 37.0 Å². The van der Waals surface area contributed by atoms with E-state index in [1.165, 1.54) is 5.56 Å². The number of hydrogen-bond donors (Lipinski definition) is 0. The predicted molar refractivity (Wildman–Crippen MR) is 76.3 cm³/mol. The molecule has 18 heavy (non-hydrogen) atoms. The Bertz CT molecular complexity index is 334. The van der Waals surface area contributed by atoms with E-state index in [-0.39, 0.29) is 0 Å². The van der Waals surface area contributed by atoms with Crippen LogP contribution in [0.3, 0.4) is 0 Å². The third-order valence-corrected chi connectivity index (χ3v) is 2.81. The molecule has 0 atom stereocenters. The first kappa shape index (κ1) is 14.9. The summed E-state index contributed by atoms with van der Waals surface area (Å²) in [4.78, 5) is 0. The molecule has 0 aromatic heterocycles. The van der Waals surface area contributed by atoms with Gasteiger partial charge in [0, 0.05) is 0 Å². The van der Waals surface area contributed by atoms with Gasteiger partial charge in [-0.25, -0.2) is 0 Å². The maximum absolute atomic E-state index is 5.81. The van der Waals surface area contributed by atoms with Crippen LogP contribution in [0, 0.1) is 6.42 Å². The second-order valence-corrected chi connectivity index (χ2v) is 4.40. The molecule has 0 N–H and O–H groups in total. The van der Waals surface area contributed by atoms with Gasteiger partial charge in [0.15, 0.2) is 11.5 Å². The van der Waals surface area contributed by atoms with Gasteiger partial charge >= 0.3 is 0 Å². The van der Waals surface area contributed by atoms with Gasteiger partial charge < -0.3 is 9.47 Å². The predicted octanol–water partition coefficient (Wildman–Crippen LogP) is 4.62. The molecule has 0 aliphatic carbocycles. The van der Waals surface area contributed by atoms with E-state index in [9.17, 15) is 0 Å². The average molecular weight is 249 g/mol. The molecule has 0 aliphatic rings. The maximum Gasteiger partial charge on any atom is 0.161 e. The zero-order valence-electron chi connectivity index (χ0n) is 11.9. The highest BCUT2D eigenvalue weighted by molar-refractivity contribution is 5.44. The van der Waals surface area contributed by atoms with E-state index in [4.69, 9.17) is 9.47 Å². The second kappa shape index (κ2) is 8.84. The molecule has 0 heterocycles. The van der Waals surface area contributed by atoms with E-state index in [0.29, 0.717) is 0 Å². The monoisotopic (exact) mass is 249 g/mol. The van der Waals surface area contributed by atoms with Crippen LogP contribution in [0.15, 0.2) is 18.2 Å². The largest absolute Gasteiger partial charge is 0.490 e. The summed E-state index contributed by atoms with van der Waals surface area (Å²) in [6.07, 6.45) is 6.52. The summed E-state index contributed by atoms with van der Waals surface area (Å²) in [5.41, 5.74) is 1.17. The fourth-order valence-electron chi connectivity index (χ4n) is 1.59. The van der Waals surface area contributed by atoms with Crippen molar-refractivity contribution in [3.63, 3.8) is 0 Å². The molecule has 0 saturated heterocycles. The lowest BCUT2D eigenvalue weighted by Gasteiger charge is -2.13. The Morgan fingerprint density at radius 1 is 0.944 bits per heavy atom. The lowest BCUT2D eigenvalue weighted by Crippen LogP contribution is -2.02. The summed E-state index contributed by atoms with van der Waals surface area (Å²) in [7, 11) is 0. The Hall–Kier alpha value is -1.18. The van der Waals surface area contributed by atoms with Crippen molar-refractivity contribution in [3.05, 3.63) is 30.2 Å². The quantitative estimate of drug-likeness (QED) is 0.595. The molecule has 0 amide bonds. The number of hydrogen-bond acceptors (Lipinski definition) is 2. The Morgan fingerprint density at radius 3 is 2.11 bits per heavy atom. The summed E-state index contributed by atoms with van der Waals surface area (Å²) >= 11 is 0. The molecule has 0 fully saturated rings. The SMILES string of the molecule is C[CH]c1ccc(OCCCC)c(OCCCC)c1. The first-order chi connectivity index (χ1) is 8.81. The summed E-state index contributed by atoms with van der Waals surface area (Å²) in [5, 5.41) is 0. The first-order valence-corrected chi connectivity index (χ1v) is 7.00. The van der Waals surface area contributed by atoms with Gasteiger partial charge in [-0.2, -0.15) is 0 Å². The van der Waals surface area contributed by atoms with E-state index in [1.54, 1.807) is 0 Å². The van der Waals surface area contributed by atoms with Gasteiger partial charge in [-0.3, -0.25) is 0 Å². The summed E-state index contributed by atoms with van der Waals surface area (Å²) in [6.45, 7) is 7.88. The van der Waals surface area contributed by atoms with Crippen molar-refractivity contribution in [3.8, 4) is 11.5 Å². The van der Waals surface area contributed by atoms with Gasteiger partial charge in [-0.1, -0.05) is 39.7 Å². The van der Waals surface area contributed by atoms with E-state index in [1.807, 2.05) is 13.0 Å². The smallest absolute Gasteiger partial charge is 0.161 e. The number of benzene rings is 1. The molecule has 2 heteroatoms. The third-order valence-electron chi connectivity index (χ3n) is 2.81. The van der Waals surface area contributed by atoms with Crippen LogP contribution in [0.1, 0.15) is 52.0 Å². The third kappa shape index (κ3) is 4.99. The highest BCUT2D eigenvalue weighted by atomic mass is 16.5. The molecule has 1 radical (unpaired) electrons. The highest BCUT2D eigenvalue weighted by Crippen LogP contribution is 2.29. The first-order valence-electron chi connectivity index (χ1n) is 7.00. The molecule has 0 bridgehead atoms. The Kier molecular flexibility index (Phi) is 7.31. The molecule has 0 unspecified atom stereocenters. The van der Waals surface area contributed by atoms with Crippen molar-refractivity contribution in [2.45, 2.75) is 46.5 Å². The standard InChI is InChI=1S/C16H25O2/c1-4-7-11-17-15-10-9-14(6-3)13-16(15)18-12-8-5-2/h6,9-10,13H,4-5,7-8,11-12H2,1-3H3. The van der Waals surface area contributed by atoms with E-state index < -0.39 is 0 Å². The van der Waals surface area contributed by atoms with Gasteiger partial charge in [0.05, 0.1) is 13.2 Å². The Labute approximate surface area is 111 Å². The minimum atomic E-state index is 0.758. The van der Waals surface area contributed by atoms with Crippen LogP contribution in [0.25, 0.3) is 0 Å². The topological polar surface area (TPSA) is 18.5 Å². The lowest BCUT2D eigenvalue weighted by molar-refractivity contribution is 0.262. The zero-order valence-corrected chi connectivity index (χ0v) is 11.9. The lowest BCUT2D eigenvalue weighted by atomic mass is 10.1. The van der Waals surface area contributed by atoms with Crippen molar-refractivity contribution >= 4 is 0 Å². The van der Waals surface area contributed by atoms with Crippen molar-refractivity contribution in [1.82, 2.24) is 0 Å². The molecule has 1 aromatic rings. The summed E-state index contributed by atoms with van der Waals surface area (Å²) < 4.78 is 11.6. The van der Waals surface area contributed by atoms with E-state index in [2.05, 4.69) is 32.4 Å². The van der Waals surface area contributed by atoms with Crippen LogP contribution in [0.2, 0.25) is 0 Å². The molecule has 0 saturated carbocycles. The Balaban J connectivity index is 2.66. The molecular formula is C16H25O2. The van der Waals surface area contributed by atoms with Crippen LogP contribution in [-0.4, -0.2) is 13.2 Å². The van der Waals surface area contributed by atoms with Crippen molar-refractivity contribution in [1.29, 1.82) is 0 Å². The molecule has 1 rings (SSSR count). The van der Waals surface area contributed by atoms with Crippen LogP contribution in [0.4, 0.5) is 0 Å². The molecule has 0 aliphatic heterocycles. The van der Waals surface area contributed by atoms with Crippen LogP contribution in [0.5, 0.6) is 11.5 Å². The second-order valence-electron chi connectivity index (χ2n) is 4.40. The maximum atomic E-state index is 5.81. The van der Waals surface area contributed by atoms with Gasteiger partial charge in [-0.15, -0.1) is 0 Å². The fourth-order valence-corrected chi connectivity index (χ4v) is 1.59. The number of ether oxygens (including phenoxy) is 2. The van der Waals surface area contributed by atoms with Crippen molar-refractivity contribution in [2.75, 3.05) is 13.2 Å². The number of rotatable bonds is 9. The fraction of sp³-hybridized carbons (Fsp3) is 0.562. The van der Waals surface area contributed by atoms with Crippen LogP contribution in [-0.2, 0) is 0 Å². The molecule has 101 valence electrons. The molecular weight excluding hydrogens is 224 g/mol. The van der Waals surface area contributed by atoms with E-state index >= 15 is 0 Å². The average Bonchev–Trinajstić information content (AvgIpc) is 2.40. The molecule has 2 nitrogen and oxygen atoms in total. The molecule has 1 aromatic carbocycles. The highest BCUT2D eigenvalue weighted by Gasteiger charge is 2.06. The minimum absolute atomic E-state index is 0.758. The summed E-state index contributed by atoms with van der Waals surface area (Å²) in [5.74, 6) is 1.74. The minimum Gasteiger partial charge on any atom is -0.490 e. The van der Waals surface area contributed by atoms with E-state index in [0.717, 1.165) is 50.4 Å². The van der Waals surface area contributed by atoms with Gasteiger partial charge in [0.2, 0.25) is 0 Å². The normalized spacial score (nSPS) is 10.4. The molecule has 0 spiro atoms. The van der Waals surface area contributed by atoms with Gasteiger partial charge in [0.25, 0.3) is 0 Å². The van der Waals surface area contributed by atoms with Crippen molar-refractivity contribution < 1.29 is 9.47 Å². The zero-order chi connectivity index (χ0) is 13.2. The number of unbranched alkanes of at least 4 members (excludes halogenated alkanes) is 2. The van der Waals surface area contributed by atoms with Crippen LogP contribution >= 0.6 is 0 Å².